The molecule has 0 bridgehead atoms. The van der Waals surface area contributed by atoms with E-state index in [2.05, 4.69) is 41.0 Å². The highest BCUT2D eigenvalue weighted by atomic mass is 79.9. The van der Waals surface area contributed by atoms with E-state index < -0.39 is 0 Å². The average Bonchev–Trinajstić information content (AvgIpc) is 2.30. The first-order valence-corrected chi connectivity index (χ1v) is 5.00. The van der Waals surface area contributed by atoms with Gasteiger partial charge in [0.25, 0.3) is 0 Å². The van der Waals surface area contributed by atoms with Gasteiger partial charge in [-0.05, 0) is 36.2 Å². The molecule has 72 valence electrons. The van der Waals surface area contributed by atoms with Crippen LogP contribution in [0.4, 0.5) is 5.82 Å². The summed E-state index contributed by atoms with van der Waals surface area (Å²) in [5.41, 5.74) is 6.91. The molecule has 0 aliphatic rings. The average molecular weight is 244 g/mol. The van der Waals surface area contributed by atoms with Gasteiger partial charge in [0.1, 0.15) is 0 Å². The quantitative estimate of drug-likeness (QED) is 0.830. The Balaban J connectivity index is 2.51. The Labute approximate surface area is 86.7 Å². The fourth-order valence-corrected chi connectivity index (χ4v) is 1.33. The lowest BCUT2D eigenvalue weighted by Gasteiger charge is -1.96. The molecule has 1 aromatic heterocycles. The number of hydrogen-bond donors (Lipinski definition) is 1. The smallest absolute Gasteiger partial charge is 0.159 e. The standard InChI is InChI=1S/C9H14BrN3/c1-7(2)4-3-5-13-6-8(10)9(11)12-13/h4,6H,3,5H2,1-2H3,(H2,11,12). The van der Waals surface area contributed by atoms with Crippen molar-refractivity contribution in [1.29, 1.82) is 0 Å². The van der Waals surface area contributed by atoms with Crippen LogP contribution >= 0.6 is 15.9 Å². The van der Waals surface area contributed by atoms with Gasteiger partial charge in [-0.2, -0.15) is 5.10 Å². The van der Waals surface area contributed by atoms with Gasteiger partial charge in [-0.25, -0.2) is 0 Å². The molecule has 0 saturated carbocycles. The van der Waals surface area contributed by atoms with E-state index in [-0.39, 0.29) is 0 Å². The Morgan fingerprint density at radius 3 is 2.85 bits per heavy atom. The molecular formula is C9H14BrN3. The Morgan fingerprint density at radius 1 is 1.69 bits per heavy atom. The van der Waals surface area contributed by atoms with Crippen LogP contribution in [-0.2, 0) is 6.54 Å². The van der Waals surface area contributed by atoms with Crippen LogP contribution in [0.1, 0.15) is 20.3 Å². The van der Waals surface area contributed by atoms with Crippen LogP contribution in [0.15, 0.2) is 22.3 Å². The van der Waals surface area contributed by atoms with Gasteiger partial charge in [0.15, 0.2) is 5.82 Å². The van der Waals surface area contributed by atoms with Crippen LogP contribution in [0.2, 0.25) is 0 Å². The van der Waals surface area contributed by atoms with E-state index in [1.54, 1.807) is 0 Å². The van der Waals surface area contributed by atoms with Crippen molar-refractivity contribution in [3.05, 3.63) is 22.3 Å². The van der Waals surface area contributed by atoms with Gasteiger partial charge in [-0.3, -0.25) is 4.68 Å². The normalized spacial score (nSPS) is 10.1. The number of aromatic nitrogens is 2. The molecule has 1 rings (SSSR count). The number of halogens is 1. The van der Waals surface area contributed by atoms with E-state index in [1.807, 2.05) is 10.9 Å². The van der Waals surface area contributed by atoms with Gasteiger partial charge in [0, 0.05) is 12.7 Å². The SMILES string of the molecule is CC(C)=CCCn1cc(Br)c(N)n1. The molecule has 0 aromatic carbocycles. The molecule has 0 aliphatic heterocycles. The Kier molecular flexibility index (Phi) is 3.54. The molecule has 2 N–H and O–H groups in total. The van der Waals surface area contributed by atoms with Gasteiger partial charge in [0.05, 0.1) is 4.47 Å². The first kappa shape index (κ1) is 10.3. The predicted molar refractivity (Wildman–Crippen MR) is 58.4 cm³/mol. The topological polar surface area (TPSA) is 43.8 Å². The third-order valence-electron chi connectivity index (χ3n) is 1.65. The summed E-state index contributed by atoms with van der Waals surface area (Å²) in [6.45, 7) is 5.06. The fourth-order valence-electron chi connectivity index (χ4n) is 1.01. The Hall–Kier alpha value is -0.770. The maximum absolute atomic E-state index is 5.58. The largest absolute Gasteiger partial charge is 0.381 e. The van der Waals surface area contributed by atoms with Crippen molar-refractivity contribution in [2.45, 2.75) is 26.8 Å². The molecule has 0 fully saturated rings. The maximum Gasteiger partial charge on any atom is 0.159 e. The fraction of sp³-hybridized carbons (Fsp3) is 0.444. The molecule has 1 heterocycles. The van der Waals surface area contributed by atoms with Crippen molar-refractivity contribution in [1.82, 2.24) is 9.78 Å². The van der Waals surface area contributed by atoms with Crippen LogP contribution in [0.3, 0.4) is 0 Å². The van der Waals surface area contributed by atoms with Crippen molar-refractivity contribution in [3.8, 4) is 0 Å². The van der Waals surface area contributed by atoms with Crippen molar-refractivity contribution >= 4 is 21.7 Å². The summed E-state index contributed by atoms with van der Waals surface area (Å²) < 4.78 is 2.71. The lowest BCUT2D eigenvalue weighted by molar-refractivity contribution is 0.625. The van der Waals surface area contributed by atoms with Gasteiger partial charge in [-0.15, -0.1) is 0 Å². The molecule has 1 aromatic rings. The van der Waals surface area contributed by atoms with Crippen molar-refractivity contribution in [3.63, 3.8) is 0 Å². The van der Waals surface area contributed by atoms with Gasteiger partial charge in [0.2, 0.25) is 0 Å². The molecular weight excluding hydrogens is 230 g/mol. The molecule has 13 heavy (non-hydrogen) atoms. The summed E-state index contributed by atoms with van der Waals surface area (Å²) in [6.07, 6.45) is 5.08. The van der Waals surface area contributed by atoms with Gasteiger partial charge < -0.3 is 5.73 Å². The summed E-state index contributed by atoms with van der Waals surface area (Å²) in [7, 11) is 0. The molecule has 3 nitrogen and oxygen atoms in total. The van der Waals surface area contributed by atoms with E-state index in [0.717, 1.165) is 17.4 Å². The highest BCUT2D eigenvalue weighted by Crippen LogP contribution is 2.16. The highest BCUT2D eigenvalue weighted by molar-refractivity contribution is 9.10. The zero-order valence-corrected chi connectivity index (χ0v) is 9.50. The van der Waals surface area contributed by atoms with Crippen LogP contribution in [0.25, 0.3) is 0 Å². The van der Waals surface area contributed by atoms with E-state index in [4.69, 9.17) is 5.73 Å². The highest BCUT2D eigenvalue weighted by Gasteiger charge is 2.00. The molecule has 0 spiro atoms. The lowest BCUT2D eigenvalue weighted by atomic mass is 10.3. The zero-order chi connectivity index (χ0) is 9.84. The molecule has 0 unspecified atom stereocenters. The van der Waals surface area contributed by atoms with E-state index in [9.17, 15) is 0 Å². The summed E-state index contributed by atoms with van der Waals surface area (Å²) >= 11 is 3.31. The monoisotopic (exact) mass is 243 g/mol. The zero-order valence-electron chi connectivity index (χ0n) is 7.92. The van der Waals surface area contributed by atoms with Crippen LogP contribution in [0.5, 0.6) is 0 Å². The molecule has 0 atom stereocenters. The second-order valence-corrected chi connectivity index (χ2v) is 4.05. The summed E-state index contributed by atoms with van der Waals surface area (Å²) in [4.78, 5) is 0. The second-order valence-electron chi connectivity index (χ2n) is 3.20. The van der Waals surface area contributed by atoms with Crippen molar-refractivity contribution in [2.75, 3.05) is 5.73 Å². The molecule has 0 amide bonds. The first-order valence-electron chi connectivity index (χ1n) is 4.21. The van der Waals surface area contributed by atoms with E-state index in [1.165, 1.54) is 5.57 Å². The van der Waals surface area contributed by atoms with Gasteiger partial charge >= 0.3 is 0 Å². The van der Waals surface area contributed by atoms with Crippen LogP contribution in [-0.4, -0.2) is 9.78 Å². The number of nitrogens with zero attached hydrogens (tertiary/aromatic N) is 2. The van der Waals surface area contributed by atoms with E-state index >= 15 is 0 Å². The Bertz CT molecular complexity index is 291. The third kappa shape index (κ3) is 3.22. The minimum absolute atomic E-state index is 0.553. The minimum atomic E-state index is 0.553. The number of anilines is 1. The van der Waals surface area contributed by atoms with Crippen LogP contribution in [0, 0.1) is 0 Å². The molecule has 4 heteroatoms. The van der Waals surface area contributed by atoms with Crippen LogP contribution < -0.4 is 5.73 Å². The number of rotatable bonds is 3. The molecule has 0 radical (unpaired) electrons. The predicted octanol–water partition coefficient (Wildman–Crippen LogP) is 2.58. The summed E-state index contributed by atoms with van der Waals surface area (Å²) in [5.74, 6) is 0.553. The maximum atomic E-state index is 5.58. The number of nitrogens with two attached hydrogens (primary N) is 1. The lowest BCUT2D eigenvalue weighted by Crippen LogP contribution is -1.98. The first-order chi connectivity index (χ1) is 6.09. The number of nitrogen functional groups attached to an aromatic ring is 1. The molecule has 0 saturated heterocycles. The van der Waals surface area contributed by atoms with E-state index in [0.29, 0.717) is 5.82 Å². The molecule has 0 aliphatic carbocycles. The Morgan fingerprint density at radius 2 is 2.38 bits per heavy atom. The second kappa shape index (κ2) is 4.46. The summed E-state index contributed by atoms with van der Waals surface area (Å²) in [6, 6.07) is 0. The van der Waals surface area contributed by atoms with Crippen molar-refractivity contribution in [2.24, 2.45) is 0 Å². The number of hydrogen-bond acceptors (Lipinski definition) is 2. The van der Waals surface area contributed by atoms with Crippen molar-refractivity contribution < 1.29 is 0 Å². The number of allylic oxidation sites excluding steroid dienone is 2. The minimum Gasteiger partial charge on any atom is -0.381 e. The number of aryl methyl sites for hydroxylation is 1. The third-order valence-corrected chi connectivity index (χ3v) is 2.27. The summed E-state index contributed by atoms with van der Waals surface area (Å²) in [5, 5.41) is 4.13. The van der Waals surface area contributed by atoms with Gasteiger partial charge in [-0.1, -0.05) is 11.6 Å².